The molecule has 1 aliphatic rings. The first-order valence-electron chi connectivity index (χ1n) is 9.08. The zero-order chi connectivity index (χ0) is 20.5. The van der Waals surface area contributed by atoms with Gasteiger partial charge in [0.25, 0.3) is 0 Å². The van der Waals surface area contributed by atoms with Crippen LogP contribution in [-0.2, 0) is 17.9 Å². The van der Waals surface area contributed by atoms with Gasteiger partial charge in [-0.2, -0.15) is 0 Å². The Bertz CT molecular complexity index is 1120. The molecule has 0 unspecified atom stereocenters. The number of benzene rings is 2. The van der Waals surface area contributed by atoms with Crippen molar-refractivity contribution in [2.45, 2.75) is 32.0 Å². The molecule has 1 N–H and O–H groups in total. The van der Waals surface area contributed by atoms with Crippen LogP contribution in [0.2, 0.25) is 5.02 Å². The average Bonchev–Trinajstić information content (AvgIpc) is 3.48. The summed E-state index contributed by atoms with van der Waals surface area (Å²) in [7, 11) is 0. The lowest BCUT2D eigenvalue weighted by atomic mass is 10.2. The molecule has 1 saturated carbocycles. The summed E-state index contributed by atoms with van der Waals surface area (Å²) >= 11 is 5.64. The molecule has 1 heterocycles. The van der Waals surface area contributed by atoms with Crippen LogP contribution in [0.5, 0.6) is 0 Å². The standard InChI is InChI=1S/C20H17ClF2N4O2/c21-16-8-1-12(9-17(16)23)10-24-18(28)11-26-20(29)27(15-6-7-15)19(25-26)13-2-4-14(22)5-3-13/h1-5,8-9,15H,6-7,10-11H2,(H,24,28). The maximum Gasteiger partial charge on any atom is 0.346 e. The lowest BCUT2D eigenvalue weighted by Gasteiger charge is -2.05. The molecule has 29 heavy (non-hydrogen) atoms. The van der Waals surface area contributed by atoms with E-state index in [-0.39, 0.29) is 35.7 Å². The quantitative estimate of drug-likeness (QED) is 0.668. The van der Waals surface area contributed by atoms with E-state index in [4.69, 9.17) is 11.6 Å². The van der Waals surface area contributed by atoms with Crippen LogP contribution in [0, 0.1) is 11.6 Å². The lowest BCUT2D eigenvalue weighted by Crippen LogP contribution is -2.33. The van der Waals surface area contributed by atoms with Crippen molar-refractivity contribution >= 4 is 17.5 Å². The zero-order valence-corrected chi connectivity index (χ0v) is 16.0. The molecule has 1 aliphatic carbocycles. The van der Waals surface area contributed by atoms with Crippen molar-refractivity contribution < 1.29 is 13.6 Å². The van der Waals surface area contributed by atoms with Gasteiger partial charge in [0.15, 0.2) is 5.82 Å². The van der Waals surface area contributed by atoms with Gasteiger partial charge < -0.3 is 5.32 Å². The highest BCUT2D eigenvalue weighted by Crippen LogP contribution is 2.36. The van der Waals surface area contributed by atoms with Crippen molar-refractivity contribution in [2.75, 3.05) is 0 Å². The number of carbonyl (C=O) groups excluding carboxylic acids is 1. The van der Waals surface area contributed by atoms with Gasteiger partial charge in [0.1, 0.15) is 18.2 Å². The number of hydrogen-bond donors (Lipinski definition) is 1. The summed E-state index contributed by atoms with van der Waals surface area (Å²) < 4.78 is 29.4. The Balaban J connectivity index is 1.51. The smallest absolute Gasteiger partial charge is 0.346 e. The van der Waals surface area contributed by atoms with Crippen LogP contribution < -0.4 is 11.0 Å². The molecule has 0 spiro atoms. The Kier molecular flexibility index (Phi) is 5.19. The monoisotopic (exact) mass is 418 g/mol. The molecule has 9 heteroatoms. The van der Waals surface area contributed by atoms with Crippen LogP contribution in [0.1, 0.15) is 24.4 Å². The number of aromatic nitrogens is 3. The zero-order valence-electron chi connectivity index (χ0n) is 15.2. The molecule has 4 rings (SSSR count). The molecular weight excluding hydrogens is 402 g/mol. The van der Waals surface area contributed by atoms with E-state index in [1.807, 2.05) is 0 Å². The van der Waals surface area contributed by atoms with Gasteiger partial charge in [-0.3, -0.25) is 9.36 Å². The van der Waals surface area contributed by atoms with Gasteiger partial charge in [-0.1, -0.05) is 17.7 Å². The van der Waals surface area contributed by atoms with E-state index in [1.165, 1.54) is 24.3 Å². The van der Waals surface area contributed by atoms with Gasteiger partial charge in [-0.05, 0) is 54.8 Å². The predicted octanol–water partition coefficient (Wildman–Crippen LogP) is 3.29. The van der Waals surface area contributed by atoms with Crippen LogP contribution in [0.15, 0.2) is 47.3 Å². The third-order valence-electron chi connectivity index (χ3n) is 4.65. The minimum atomic E-state index is -0.568. The Hall–Kier alpha value is -3.00. The third kappa shape index (κ3) is 4.22. The van der Waals surface area contributed by atoms with Gasteiger partial charge in [0, 0.05) is 18.2 Å². The summed E-state index contributed by atoms with van der Waals surface area (Å²) in [5, 5.41) is 6.94. The van der Waals surface area contributed by atoms with Crippen molar-refractivity contribution in [2.24, 2.45) is 0 Å². The van der Waals surface area contributed by atoms with Crippen molar-refractivity contribution in [3.8, 4) is 11.4 Å². The first kappa shape index (κ1) is 19.3. The molecule has 2 aromatic carbocycles. The molecule has 150 valence electrons. The fourth-order valence-corrected chi connectivity index (χ4v) is 3.14. The van der Waals surface area contributed by atoms with E-state index in [2.05, 4.69) is 10.4 Å². The highest BCUT2D eigenvalue weighted by molar-refractivity contribution is 6.30. The summed E-state index contributed by atoms with van der Waals surface area (Å²) in [5.41, 5.74) is 0.758. The fourth-order valence-electron chi connectivity index (χ4n) is 3.02. The number of hydrogen-bond acceptors (Lipinski definition) is 3. The van der Waals surface area contributed by atoms with Crippen LogP contribution in [0.25, 0.3) is 11.4 Å². The molecule has 3 aromatic rings. The highest BCUT2D eigenvalue weighted by Gasteiger charge is 2.30. The van der Waals surface area contributed by atoms with Gasteiger partial charge in [0.2, 0.25) is 5.91 Å². The molecule has 6 nitrogen and oxygen atoms in total. The second-order valence-corrected chi connectivity index (χ2v) is 7.30. The summed E-state index contributed by atoms with van der Waals surface area (Å²) in [5.74, 6) is -0.980. The van der Waals surface area contributed by atoms with E-state index in [9.17, 15) is 18.4 Å². The summed E-state index contributed by atoms with van der Waals surface area (Å²) in [6.45, 7) is -0.182. The van der Waals surface area contributed by atoms with Crippen LogP contribution in [0.3, 0.4) is 0 Å². The highest BCUT2D eigenvalue weighted by atomic mass is 35.5. The molecule has 1 aromatic heterocycles. The molecule has 1 fully saturated rings. The third-order valence-corrected chi connectivity index (χ3v) is 4.96. The summed E-state index contributed by atoms with van der Waals surface area (Å²) in [6.07, 6.45) is 1.71. The van der Waals surface area contributed by atoms with Gasteiger partial charge in [-0.25, -0.2) is 18.3 Å². The number of halogens is 3. The predicted molar refractivity (Wildman–Crippen MR) is 103 cm³/mol. The number of nitrogens with zero attached hydrogens (tertiary/aromatic N) is 3. The van der Waals surface area contributed by atoms with E-state index >= 15 is 0 Å². The SMILES string of the molecule is O=C(Cn1nc(-c2ccc(F)cc2)n(C2CC2)c1=O)NCc1ccc(Cl)c(F)c1. The van der Waals surface area contributed by atoms with Crippen LogP contribution >= 0.6 is 11.6 Å². The average molecular weight is 419 g/mol. The van der Waals surface area contributed by atoms with E-state index in [0.717, 1.165) is 17.5 Å². The number of rotatable bonds is 6. The Morgan fingerprint density at radius 2 is 1.90 bits per heavy atom. The van der Waals surface area contributed by atoms with Crippen molar-refractivity contribution in [1.29, 1.82) is 0 Å². The van der Waals surface area contributed by atoms with Gasteiger partial charge >= 0.3 is 5.69 Å². The maximum absolute atomic E-state index is 13.5. The molecule has 0 bridgehead atoms. The van der Waals surface area contributed by atoms with Gasteiger partial charge in [0.05, 0.1) is 5.02 Å². The molecular formula is C20H17ClF2N4O2. The number of amides is 1. The second-order valence-electron chi connectivity index (χ2n) is 6.90. The fraction of sp³-hybridized carbons (Fsp3) is 0.250. The molecule has 0 aliphatic heterocycles. The Morgan fingerprint density at radius 1 is 1.17 bits per heavy atom. The largest absolute Gasteiger partial charge is 0.350 e. The Labute approximate surface area is 169 Å². The minimum Gasteiger partial charge on any atom is -0.350 e. The maximum atomic E-state index is 13.5. The first-order valence-corrected chi connectivity index (χ1v) is 9.46. The van der Waals surface area contributed by atoms with Crippen LogP contribution in [0.4, 0.5) is 8.78 Å². The molecule has 0 saturated heterocycles. The van der Waals surface area contributed by atoms with Gasteiger partial charge in [-0.15, -0.1) is 5.10 Å². The van der Waals surface area contributed by atoms with E-state index in [1.54, 1.807) is 22.8 Å². The number of carbonyl (C=O) groups is 1. The normalized spacial score (nSPS) is 13.5. The first-order chi connectivity index (χ1) is 13.9. The lowest BCUT2D eigenvalue weighted by molar-refractivity contribution is -0.122. The van der Waals surface area contributed by atoms with Crippen LogP contribution in [-0.4, -0.2) is 20.3 Å². The Morgan fingerprint density at radius 3 is 2.55 bits per heavy atom. The summed E-state index contributed by atoms with van der Waals surface area (Å²) in [6, 6.07) is 9.99. The second kappa shape index (κ2) is 7.79. The summed E-state index contributed by atoms with van der Waals surface area (Å²) in [4.78, 5) is 25.0. The van der Waals surface area contributed by atoms with E-state index < -0.39 is 11.7 Å². The minimum absolute atomic E-state index is 0.00515. The van der Waals surface area contributed by atoms with E-state index in [0.29, 0.717) is 17.0 Å². The van der Waals surface area contributed by atoms with Crippen molar-refractivity contribution in [3.63, 3.8) is 0 Å². The topological polar surface area (TPSA) is 68.9 Å². The molecule has 0 atom stereocenters. The number of nitrogens with one attached hydrogen (secondary N) is 1. The molecule has 0 radical (unpaired) electrons. The van der Waals surface area contributed by atoms with Crippen molar-refractivity contribution in [3.05, 3.63) is 75.2 Å². The molecule has 1 amide bonds. The van der Waals surface area contributed by atoms with Crippen molar-refractivity contribution in [1.82, 2.24) is 19.7 Å².